The first kappa shape index (κ1) is 10.4. The van der Waals surface area contributed by atoms with E-state index in [4.69, 9.17) is 9.52 Å². The zero-order valence-electron chi connectivity index (χ0n) is 8.80. The van der Waals surface area contributed by atoms with Crippen molar-refractivity contribution in [1.29, 1.82) is 0 Å². The summed E-state index contributed by atoms with van der Waals surface area (Å²) in [4.78, 5) is 14.8. The normalized spacial score (nSPS) is 10.3. The molecule has 0 saturated carbocycles. The van der Waals surface area contributed by atoms with E-state index in [9.17, 15) is 4.79 Å². The molecule has 0 bridgehead atoms. The number of oxazole rings is 1. The van der Waals surface area contributed by atoms with E-state index in [2.05, 4.69) is 4.98 Å². The maximum absolute atomic E-state index is 10.6. The lowest BCUT2D eigenvalue weighted by Gasteiger charge is -1.93. The quantitative estimate of drug-likeness (QED) is 0.856. The number of hydrogen-bond donors (Lipinski definition) is 1. The van der Waals surface area contributed by atoms with Gasteiger partial charge in [-0.05, 0) is 19.1 Å². The standard InChI is InChI=1S/C12H11NO3/c1-8-10(7-11(14)15)16-12(13-8)9-5-3-2-4-6-9/h2-6H,7H2,1H3,(H,14,15). The van der Waals surface area contributed by atoms with Crippen LogP contribution in [-0.2, 0) is 11.2 Å². The van der Waals surface area contributed by atoms with Crippen molar-refractivity contribution in [2.45, 2.75) is 13.3 Å². The van der Waals surface area contributed by atoms with Gasteiger partial charge in [-0.3, -0.25) is 4.79 Å². The molecule has 0 amide bonds. The number of carboxylic acids is 1. The molecule has 0 atom stereocenters. The minimum Gasteiger partial charge on any atom is -0.481 e. The molecule has 1 heterocycles. The number of hydrogen-bond acceptors (Lipinski definition) is 3. The van der Waals surface area contributed by atoms with Crippen LogP contribution < -0.4 is 0 Å². The third-order valence-corrected chi connectivity index (χ3v) is 2.23. The molecule has 1 N–H and O–H groups in total. The molecule has 1 aromatic carbocycles. The summed E-state index contributed by atoms with van der Waals surface area (Å²) in [7, 11) is 0. The molecule has 0 saturated heterocycles. The van der Waals surface area contributed by atoms with Gasteiger partial charge < -0.3 is 9.52 Å². The highest BCUT2D eigenvalue weighted by Crippen LogP contribution is 2.21. The second-order valence-electron chi connectivity index (χ2n) is 3.46. The van der Waals surface area contributed by atoms with Crippen molar-refractivity contribution in [3.8, 4) is 11.5 Å². The second-order valence-corrected chi connectivity index (χ2v) is 3.46. The molecule has 0 aliphatic carbocycles. The van der Waals surface area contributed by atoms with Gasteiger partial charge in [-0.2, -0.15) is 0 Å². The summed E-state index contributed by atoms with van der Waals surface area (Å²) < 4.78 is 5.42. The highest BCUT2D eigenvalue weighted by atomic mass is 16.4. The molecule has 2 aromatic rings. The molecule has 0 spiro atoms. The van der Waals surface area contributed by atoms with Crippen LogP contribution in [0.5, 0.6) is 0 Å². The topological polar surface area (TPSA) is 63.3 Å². The summed E-state index contributed by atoms with van der Waals surface area (Å²) in [6.45, 7) is 1.74. The van der Waals surface area contributed by atoms with Gasteiger partial charge in [-0.25, -0.2) is 4.98 Å². The predicted octanol–water partition coefficient (Wildman–Crippen LogP) is 2.28. The predicted molar refractivity (Wildman–Crippen MR) is 58.0 cm³/mol. The number of aryl methyl sites for hydroxylation is 1. The van der Waals surface area contributed by atoms with E-state index >= 15 is 0 Å². The molecule has 0 unspecified atom stereocenters. The molecular formula is C12H11NO3. The lowest BCUT2D eigenvalue weighted by molar-refractivity contribution is -0.136. The minimum absolute atomic E-state index is 0.133. The summed E-state index contributed by atoms with van der Waals surface area (Å²) >= 11 is 0. The molecule has 1 aromatic heterocycles. The molecule has 16 heavy (non-hydrogen) atoms. The maximum atomic E-state index is 10.6. The van der Waals surface area contributed by atoms with Gasteiger partial charge in [-0.15, -0.1) is 0 Å². The first-order valence-electron chi connectivity index (χ1n) is 4.90. The van der Waals surface area contributed by atoms with Crippen LogP contribution in [0.1, 0.15) is 11.5 Å². The van der Waals surface area contributed by atoms with Crippen LogP contribution in [0, 0.1) is 6.92 Å². The Morgan fingerprint density at radius 2 is 2.06 bits per heavy atom. The zero-order chi connectivity index (χ0) is 11.5. The highest BCUT2D eigenvalue weighted by Gasteiger charge is 2.13. The Bertz CT molecular complexity index is 502. The van der Waals surface area contributed by atoms with Crippen LogP contribution in [0.25, 0.3) is 11.5 Å². The Labute approximate surface area is 92.6 Å². The fraction of sp³-hybridized carbons (Fsp3) is 0.167. The fourth-order valence-corrected chi connectivity index (χ4v) is 1.43. The van der Waals surface area contributed by atoms with Gasteiger partial charge in [0.2, 0.25) is 5.89 Å². The van der Waals surface area contributed by atoms with Crippen molar-refractivity contribution in [1.82, 2.24) is 4.98 Å². The van der Waals surface area contributed by atoms with E-state index < -0.39 is 5.97 Å². The first-order valence-corrected chi connectivity index (χ1v) is 4.90. The van der Waals surface area contributed by atoms with Gasteiger partial charge in [-0.1, -0.05) is 18.2 Å². The Morgan fingerprint density at radius 3 is 2.69 bits per heavy atom. The van der Waals surface area contributed by atoms with E-state index in [0.717, 1.165) is 5.56 Å². The van der Waals surface area contributed by atoms with Crippen LogP contribution in [0.2, 0.25) is 0 Å². The molecule has 82 valence electrons. The maximum Gasteiger partial charge on any atom is 0.311 e. The number of rotatable bonds is 3. The van der Waals surface area contributed by atoms with Gasteiger partial charge in [0.25, 0.3) is 0 Å². The van der Waals surface area contributed by atoms with Gasteiger partial charge in [0.15, 0.2) is 0 Å². The smallest absolute Gasteiger partial charge is 0.311 e. The zero-order valence-corrected chi connectivity index (χ0v) is 8.80. The fourth-order valence-electron chi connectivity index (χ4n) is 1.43. The van der Waals surface area contributed by atoms with E-state index in [1.807, 2.05) is 30.3 Å². The summed E-state index contributed by atoms with van der Waals surface area (Å²) in [5, 5.41) is 8.68. The minimum atomic E-state index is -0.918. The summed E-state index contributed by atoms with van der Waals surface area (Å²) in [6, 6.07) is 9.40. The van der Waals surface area contributed by atoms with Crippen LogP contribution in [0.4, 0.5) is 0 Å². The van der Waals surface area contributed by atoms with Crippen LogP contribution in [-0.4, -0.2) is 16.1 Å². The van der Waals surface area contributed by atoms with Gasteiger partial charge >= 0.3 is 5.97 Å². The van der Waals surface area contributed by atoms with Crippen LogP contribution in [0.15, 0.2) is 34.7 Å². The SMILES string of the molecule is Cc1nc(-c2ccccc2)oc1CC(=O)O. The number of aromatic nitrogens is 1. The Balaban J connectivity index is 2.34. The Kier molecular flexibility index (Phi) is 2.72. The third kappa shape index (κ3) is 2.11. The van der Waals surface area contributed by atoms with E-state index in [1.165, 1.54) is 0 Å². The van der Waals surface area contributed by atoms with Gasteiger partial charge in [0.1, 0.15) is 12.2 Å². The largest absolute Gasteiger partial charge is 0.481 e. The molecule has 4 heteroatoms. The number of carboxylic acid groups (broad SMARTS) is 1. The Morgan fingerprint density at radius 1 is 1.38 bits per heavy atom. The van der Waals surface area contributed by atoms with Crippen LogP contribution >= 0.6 is 0 Å². The number of benzene rings is 1. The average Bonchev–Trinajstić information content (AvgIpc) is 2.61. The van der Waals surface area contributed by atoms with Gasteiger partial charge in [0.05, 0.1) is 5.69 Å². The second kappa shape index (κ2) is 4.18. The average molecular weight is 217 g/mol. The number of carbonyl (C=O) groups is 1. The lowest BCUT2D eigenvalue weighted by atomic mass is 10.2. The van der Waals surface area contributed by atoms with Crippen molar-refractivity contribution in [3.63, 3.8) is 0 Å². The van der Waals surface area contributed by atoms with Crippen molar-refractivity contribution in [2.75, 3.05) is 0 Å². The molecule has 0 fully saturated rings. The molecule has 4 nitrogen and oxygen atoms in total. The van der Waals surface area contributed by atoms with Crippen LogP contribution in [0.3, 0.4) is 0 Å². The van der Waals surface area contributed by atoms with E-state index in [1.54, 1.807) is 6.92 Å². The lowest BCUT2D eigenvalue weighted by Crippen LogP contribution is -1.99. The third-order valence-electron chi connectivity index (χ3n) is 2.23. The number of aliphatic carboxylic acids is 1. The summed E-state index contributed by atoms with van der Waals surface area (Å²) in [5.74, 6) is -0.0421. The van der Waals surface area contributed by atoms with Crippen molar-refractivity contribution < 1.29 is 14.3 Å². The van der Waals surface area contributed by atoms with Crippen molar-refractivity contribution >= 4 is 5.97 Å². The highest BCUT2D eigenvalue weighted by molar-refractivity contribution is 5.69. The monoisotopic (exact) mass is 217 g/mol. The summed E-state index contributed by atoms with van der Waals surface area (Å²) in [6.07, 6.45) is -0.133. The van der Waals surface area contributed by atoms with Crippen molar-refractivity contribution in [2.24, 2.45) is 0 Å². The van der Waals surface area contributed by atoms with E-state index in [0.29, 0.717) is 17.3 Å². The summed E-state index contributed by atoms with van der Waals surface area (Å²) in [5.41, 5.74) is 1.48. The molecule has 0 aliphatic rings. The molecule has 0 radical (unpaired) electrons. The Hall–Kier alpha value is -2.10. The number of nitrogens with zero attached hydrogens (tertiary/aromatic N) is 1. The van der Waals surface area contributed by atoms with E-state index in [-0.39, 0.29) is 6.42 Å². The van der Waals surface area contributed by atoms with Gasteiger partial charge in [0, 0.05) is 5.56 Å². The molecular weight excluding hydrogens is 206 g/mol. The van der Waals surface area contributed by atoms with Crippen molar-refractivity contribution in [3.05, 3.63) is 41.8 Å². The molecule has 0 aliphatic heterocycles. The molecule has 2 rings (SSSR count). The first-order chi connectivity index (χ1) is 7.66.